The molecule has 0 amide bonds. The van der Waals surface area contributed by atoms with E-state index in [1.807, 2.05) is 0 Å². The molecule has 0 unspecified atom stereocenters. The Morgan fingerprint density at radius 1 is 0.889 bits per heavy atom. The van der Waals surface area contributed by atoms with Crippen LogP contribution in [0.5, 0.6) is 0 Å². The summed E-state index contributed by atoms with van der Waals surface area (Å²) < 4.78 is 88.4. The van der Waals surface area contributed by atoms with Crippen LogP contribution in [0.25, 0.3) is 0 Å². The van der Waals surface area contributed by atoms with Gasteiger partial charge in [0.2, 0.25) is 0 Å². The maximum Gasteiger partial charge on any atom is 0.460 e. The summed E-state index contributed by atoms with van der Waals surface area (Å²) in [6.45, 7) is 3.21. The molecule has 0 atom stereocenters. The Balaban J connectivity index is 3.37. The summed E-state index contributed by atoms with van der Waals surface area (Å²) in [4.78, 5) is 0. The van der Waals surface area contributed by atoms with Crippen molar-refractivity contribution in [2.45, 2.75) is 24.4 Å². The highest BCUT2D eigenvalue weighted by molar-refractivity contribution is 5.33. The Bertz CT molecular complexity index is 420. The third kappa shape index (κ3) is 2.18. The van der Waals surface area contributed by atoms with Crippen molar-refractivity contribution in [3.05, 3.63) is 42.3 Å². The summed E-state index contributed by atoms with van der Waals surface area (Å²) in [5.41, 5.74) is -1.71. The second-order valence-corrected chi connectivity index (χ2v) is 3.55. The van der Waals surface area contributed by atoms with Crippen LogP contribution in [0.1, 0.15) is 11.1 Å². The summed E-state index contributed by atoms with van der Waals surface area (Å²) in [6, 6.07) is 3.80. The smallest absolute Gasteiger partial charge is 0.194 e. The molecule has 0 heterocycles. The number of alkyl halides is 7. The lowest BCUT2D eigenvalue weighted by Gasteiger charge is -2.29. The standard InChI is InChI=1S/C11H8F7/c1-2-7-5-3-4-6-8(7)9(12,13)10(14,15)11(16,17)18/h3-6H,1-2H2. The van der Waals surface area contributed by atoms with Gasteiger partial charge in [-0.25, -0.2) is 0 Å². The van der Waals surface area contributed by atoms with Crippen molar-refractivity contribution in [1.82, 2.24) is 0 Å². The van der Waals surface area contributed by atoms with Gasteiger partial charge in [0.05, 0.1) is 0 Å². The number of halogens is 7. The van der Waals surface area contributed by atoms with Gasteiger partial charge in [0.1, 0.15) is 0 Å². The summed E-state index contributed by atoms with van der Waals surface area (Å²) in [5.74, 6) is -11.5. The molecule has 0 fully saturated rings. The minimum Gasteiger partial charge on any atom is -0.194 e. The van der Waals surface area contributed by atoms with Crippen LogP contribution in [0.4, 0.5) is 30.7 Å². The van der Waals surface area contributed by atoms with Crippen LogP contribution >= 0.6 is 0 Å². The zero-order valence-electron chi connectivity index (χ0n) is 8.87. The van der Waals surface area contributed by atoms with Crippen molar-refractivity contribution in [2.24, 2.45) is 0 Å². The van der Waals surface area contributed by atoms with E-state index in [0.717, 1.165) is 12.1 Å². The molecule has 0 N–H and O–H groups in total. The minimum atomic E-state index is -6.33. The predicted octanol–water partition coefficient (Wildman–Crippen LogP) is 4.35. The monoisotopic (exact) mass is 273 g/mol. The molecule has 0 aromatic heterocycles. The topological polar surface area (TPSA) is 0 Å². The molecule has 0 aliphatic carbocycles. The Labute approximate surface area is 98.4 Å². The van der Waals surface area contributed by atoms with Gasteiger partial charge in [-0.15, -0.1) is 0 Å². The number of hydrogen-bond acceptors (Lipinski definition) is 0. The molecule has 0 aliphatic heterocycles. The Morgan fingerprint density at radius 2 is 1.39 bits per heavy atom. The number of hydrogen-bond donors (Lipinski definition) is 0. The van der Waals surface area contributed by atoms with Crippen LogP contribution in [0.2, 0.25) is 0 Å². The molecule has 0 nitrogen and oxygen atoms in total. The molecule has 1 aromatic rings. The average molecular weight is 273 g/mol. The molecule has 0 saturated carbocycles. The quantitative estimate of drug-likeness (QED) is 0.718. The van der Waals surface area contributed by atoms with Gasteiger partial charge in [-0.3, -0.25) is 0 Å². The molecule has 0 bridgehead atoms. The van der Waals surface area contributed by atoms with E-state index in [-0.39, 0.29) is 12.0 Å². The molecular formula is C11H8F7. The Kier molecular flexibility index (Phi) is 3.65. The first-order chi connectivity index (χ1) is 8.05. The average Bonchev–Trinajstić information content (AvgIpc) is 2.27. The lowest BCUT2D eigenvalue weighted by molar-refractivity contribution is -0.359. The Hall–Kier alpha value is -1.27. The molecule has 1 rings (SSSR count). The van der Waals surface area contributed by atoms with Crippen LogP contribution in [0.15, 0.2) is 24.3 Å². The summed E-state index contributed by atoms with van der Waals surface area (Å²) >= 11 is 0. The van der Waals surface area contributed by atoms with Crippen molar-refractivity contribution in [2.75, 3.05) is 0 Å². The van der Waals surface area contributed by atoms with E-state index in [1.54, 1.807) is 0 Å². The third-order valence-electron chi connectivity index (χ3n) is 2.38. The lowest BCUT2D eigenvalue weighted by atomic mass is 9.95. The van der Waals surface area contributed by atoms with E-state index in [1.165, 1.54) is 6.07 Å². The first-order valence-corrected chi connectivity index (χ1v) is 4.75. The van der Waals surface area contributed by atoms with Crippen molar-refractivity contribution in [1.29, 1.82) is 0 Å². The van der Waals surface area contributed by atoms with Crippen molar-refractivity contribution in [3.63, 3.8) is 0 Å². The normalized spacial score (nSPS) is 13.8. The van der Waals surface area contributed by atoms with E-state index < -0.39 is 23.6 Å². The van der Waals surface area contributed by atoms with Gasteiger partial charge in [0.15, 0.2) is 0 Å². The minimum absolute atomic E-state index is 0.320. The van der Waals surface area contributed by atoms with E-state index in [4.69, 9.17) is 0 Å². The molecule has 0 aliphatic rings. The SMILES string of the molecule is [CH2]Cc1ccccc1C(F)(F)C(F)(F)C(F)(F)F. The predicted molar refractivity (Wildman–Crippen MR) is 50.4 cm³/mol. The third-order valence-corrected chi connectivity index (χ3v) is 2.38. The molecular weight excluding hydrogens is 265 g/mol. The summed E-state index contributed by atoms with van der Waals surface area (Å²) in [6.07, 6.45) is -6.65. The summed E-state index contributed by atoms with van der Waals surface area (Å²) in [5, 5.41) is 0. The highest BCUT2D eigenvalue weighted by Gasteiger charge is 2.73. The maximum absolute atomic E-state index is 13.4. The van der Waals surface area contributed by atoms with Crippen LogP contribution in [0, 0.1) is 6.92 Å². The van der Waals surface area contributed by atoms with Gasteiger partial charge in [-0.2, -0.15) is 30.7 Å². The van der Waals surface area contributed by atoms with E-state index in [2.05, 4.69) is 6.92 Å². The van der Waals surface area contributed by atoms with Crippen LogP contribution in [-0.4, -0.2) is 12.1 Å². The van der Waals surface area contributed by atoms with Crippen molar-refractivity contribution in [3.8, 4) is 0 Å². The number of benzene rings is 1. The Morgan fingerprint density at radius 3 is 1.83 bits per heavy atom. The zero-order valence-corrected chi connectivity index (χ0v) is 8.87. The van der Waals surface area contributed by atoms with Crippen molar-refractivity contribution < 1.29 is 30.7 Å². The zero-order chi connectivity index (χ0) is 14.2. The fourth-order valence-electron chi connectivity index (χ4n) is 1.39. The molecule has 1 radical (unpaired) electrons. The first kappa shape index (κ1) is 14.8. The molecule has 7 heteroatoms. The van der Waals surface area contributed by atoms with Crippen LogP contribution in [-0.2, 0) is 12.3 Å². The summed E-state index contributed by atoms with van der Waals surface area (Å²) in [7, 11) is 0. The van der Waals surface area contributed by atoms with Crippen molar-refractivity contribution >= 4 is 0 Å². The van der Waals surface area contributed by atoms with Gasteiger partial charge in [0, 0.05) is 5.56 Å². The largest absolute Gasteiger partial charge is 0.460 e. The van der Waals surface area contributed by atoms with E-state index >= 15 is 0 Å². The van der Waals surface area contributed by atoms with Crippen LogP contribution in [0.3, 0.4) is 0 Å². The maximum atomic E-state index is 13.4. The second-order valence-electron chi connectivity index (χ2n) is 3.55. The fourth-order valence-corrected chi connectivity index (χ4v) is 1.39. The molecule has 0 saturated heterocycles. The van der Waals surface area contributed by atoms with Gasteiger partial charge in [0.25, 0.3) is 0 Å². The highest BCUT2D eigenvalue weighted by atomic mass is 19.4. The first-order valence-electron chi connectivity index (χ1n) is 4.75. The van der Waals surface area contributed by atoms with Gasteiger partial charge >= 0.3 is 18.0 Å². The molecule has 18 heavy (non-hydrogen) atoms. The molecule has 1 aromatic carbocycles. The highest BCUT2D eigenvalue weighted by Crippen LogP contribution is 2.52. The van der Waals surface area contributed by atoms with Crippen LogP contribution < -0.4 is 0 Å². The van der Waals surface area contributed by atoms with E-state index in [0.29, 0.717) is 6.07 Å². The number of rotatable bonds is 3. The molecule has 101 valence electrons. The molecule has 0 spiro atoms. The second kappa shape index (κ2) is 4.44. The van der Waals surface area contributed by atoms with Gasteiger partial charge < -0.3 is 0 Å². The van der Waals surface area contributed by atoms with E-state index in [9.17, 15) is 30.7 Å². The van der Waals surface area contributed by atoms with Gasteiger partial charge in [-0.05, 0) is 18.9 Å². The lowest BCUT2D eigenvalue weighted by Crippen LogP contribution is -2.50. The van der Waals surface area contributed by atoms with Gasteiger partial charge in [-0.1, -0.05) is 24.3 Å². The fraction of sp³-hybridized carbons (Fsp3) is 0.364.